The van der Waals surface area contributed by atoms with Crippen LogP contribution in [0.2, 0.25) is 0 Å². The molecule has 0 amide bonds. The van der Waals surface area contributed by atoms with Gasteiger partial charge in [0.05, 0.1) is 24.7 Å². The first-order valence-corrected chi connectivity index (χ1v) is 5.79. The summed E-state index contributed by atoms with van der Waals surface area (Å²) in [7, 11) is 0. The normalized spacial score (nSPS) is 10.1. The Hall–Kier alpha value is -1.81. The average molecular weight is 287 g/mol. The summed E-state index contributed by atoms with van der Waals surface area (Å²) in [5.41, 5.74) is 0.341. The van der Waals surface area contributed by atoms with Crippen LogP contribution in [-0.4, -0.2) is 19.2 Å². The smallest absolute Gasteiger partial charge is 0.387 e. The van der Waals surface area contributed by atoms with Crippen molar-refractivity contribution in [2.75, 3.05) is 6.61 Å². The number of carbonyl (C=O) groups excluding carboxylic acids is 1. The SMILES string of the molecule is CCOC(=O)Cc1cc(C#N)cc(S)c1OC(F)F. The summed E-state index contributed by atoms with van der Waals surface area (Å²) >= 11 is 3.98. The maximum atomic E-state index is 12.3. The second-order valence-corrected chi connectivity index (χ2v) is 3.94. The number of alkyl halides is 2. The largest absolute Gasteiger partial charge is 0.466 e. The van der Waals surface area contributed by atoms with Gasteiger partial charge < -0.3 is 9.47 Å². The molecule has 0 aliphatic rings. The number of nitrogens with zero attached hydrogens (tertiary/aromatic N) is 1. The predicted octanol–water partition coefficient (Wildman–Crippen LogP) is 2.55. The Bertz CT molecular complexity index is 514. The Labute approximate surface area is 114 Å². The van der Waals surface area contributed by atoms with E-state index in [4.69, 9.17) is 10.00 Å². The van der Waals surface area contributed by atoms with Gasteiger partial charge in [0, 0.05) is 10.5 Å². The van der Waals surface area contributed by atoms with E-state index in [1.54, 1.807) is 6.92 Å². The minimum atomic E-state index is -3.04. The van der Waals surface area contributed by atoms with E-state index in [0.717, 1.165) is 0 Å². The third kappa shape index (κ3) is 4.41. The molecule has 0 atom stereocenters. The highest BCUT2D eigenvalue weighted by molar-refractivity contribution is 7.80. The zero-order valence-electron chi connectivity index (χ0n) is 10.0. The Morgan fingerprint density at radius 2 is 2.21 bits per heavy atom. The van der Waals surface area contributed by atoms with E-state index in [-0.39, 0.29) is 34.8 Å². The third-order valence-electron chi connectivity index (χ3n) is 2.12. The number of esters is 1. The first kappa shape index (κ1) is 15.2. The van der Waals surface area contributed by atoms with E-state index in [2.05, 4.69) is 17.4 Å². The molecular formula is C12H11F2NO3S. The van der Waals surface area contributed by atoms with Gasteiger partial charge in [-0.3, -0.25) is 4.79 Å². The molecule has 19 heavy (non-hydrogen) atoms. The van der Waals surface area contributed by atoms with E-state index >= 15 is 0 Å². The van der Waals surface area contributed by atoms with Crippen molar-refractivity contribution in [2.45, 2.75) is 24.9 Å². The van der Waals surface area contributed by atoms with E-state index in [0.29, 0.717) is 0 Å². The van der Waals surface area contributed by atoms with E-state index in [1.165, 1.54) is 12.1 Å². The average Bonchev–Trinajstić information content (AvgIpc) is 2.33. The molecule has 0 saturated heterocycles. The molecule has 0 spiro atoms. The lowest BCUT2D eigenvalue weighted by Gasteiger charge is -2.13. The Morgan fingerprint density at radius 3 is 2.74 bits per heavy atom. The summed E-state index contributed by atoms with van der Waals surface area (Å²) < 4.78 is 33.7. The summed E-state index contributed by atoms with van der Waals surface area (Å²) in [5, 5.41) is 8.81. The number of ether oxygens (including phenoxy) is 2. The van der Waals surface area contributed by atoms with Gasteiger partial charge in [-0.2, -0.15) is 14.0 Å². The molecule has 0 aromatic heterocycles. The third-order valence-corrected chi connectivity index (χ3v) is 2.45. The van der Waals surface area contributed by atoms with Crippen molar-refractivity contribution < 1.29 is 23.0 Å². The van der Waals surface area contributed by atoms with Gasteiger partial charge in [-0.05, 0) is 19.1 Å². The lowest BCUT2D eigenvalue weighted by Crippen LogP contribution is -2.11. The number of thiol groups is 1. The molecule has 7 heteroatoms. The van der Waals surface area contributed by atoms with E-state index in [9.17, 15) is 13.6 Å². The van der Waals surface area contributed by atoms with Gasteiger partial charge in [-0.25, -0.2) is 0 Å². The number of benzene rings is 1. The van der Waals surface area contributed by atoms with Crippen LogP contribution in [0.1, 0.15) is 18.1 Å². The highest BCUT2D eigenvalue weighted by atomic mass is 32.1. The number of halogens is 2. The van der Waals surface area contributed by atoms with Crippen molar-refractivity contribution in [3.05, 3.63) is 23.3 Å². The maximum absolute atomic E-state index is 12.3. The van der Waals surface area contributed by atoms with Gasteiger partial charge in [0.1, 0.15) is 5.75 Å². The van der Waals surface area contributed by atoms with Gasteiger partial charge in [0.15, 0.2) is 0 Å². The summed E-state index contributed by atoms with van der Waals surface area (Å²) in [5.74, 6) is -0.810. The van der Waals surface area contributed by atoms with Crippen LogP contribution in [0, 0.1) is 11.3 Å². The first-order valence-electron chi connectivity index (χ1n) is 5.34. The van der Waals surface area contributed by atoms with Crippen molar-refractivity contribution in [2.24, 2.45) is 0 Å². The van der Waals surface area contributed by atoms with Gasteiger partial charge in [-0.1, -0.05) is 0 Å². The van der Waals surface area contributed by atoms with Gasteiger partial charge >= 0.3 is 12.6 Å². The molecule has 0 unspecified atom stereocenters. The van der Waals surface area contributed by atoms with Crippen molar-refractivity contribution >= 4 is 18.6 Å². The molecule has 0 heterocycles. The standard InChI is InChI=1S/C12H11F2NO3S/c1-2-17-10(16)5-8-3-7(6-15)4-9(19)11(8)18-12(13)14/h3-4,12,19H,2,5H2,1H3. The fourth-order valence-electron chi connectivity index (χ4n) is 1.46. The second kappa shape index (κ2) is 6.95. The first-order chi connectivity index (χ1) is 8.97. The van der Waals surface area contributed by atoms with Gasteiger partial charge in [0.2, 0.25) is 0 Å². The van der Waals surface area contributed by atoms with E-state index in [1.807, 2.05) is 6.07 Å². The molecule has 0 aliphatic carbocycles. The number of hydrogen-bond donors (Lipinski definition) is 1. The van der Waals surface area contributed by atoms with Crippen LogP contribution in [0.5, 0.6) is 5.75 Å². The van der Waals surface area contributed by atoms with Gasteiger partial charge in [-0.15, -0.1) is 12.6 Å². The molecule has 0 radical (unpaired) electrons. The highest BCUT2D eigenvalue weighted by Gasteiger charge is 2.17. The number of hydrogen-bond acceptors (Lipinski definition) is 5. The molecule has 102 valence electrons. The quantitative estimate of drug-likeness (QED) is 0.668. The van der Waals surface area contributed by atoms with Crippen molar-refractivity contribution in [3.63, 3.8) is 0 Å². The molecular weight excluding hydrogens is 276 g/mol. The zero-order valence-corrected chi connectivity index (χ0v) is 10.9. The van der Waals surface area contributed by atoms with Crippen LogP contribution >= 0.6 is 12.6 Å². The minimum Gasteiger partial charge on any atom is -0.466 e. The van der Waals surface area contributed by atoms with Gasteiger partial charge in [0.25, 0.3) is 0 Å². The van der Waals surface area contributed by atoms with Crippen LogP contribution < -0.4 is 4.74 Å². The Kier molecular flexibility index (Phi) is 5.57. The summed E-state index contributed by atoms with van der Waals surface area (Å²) in [6.07, 6.45) is -0.265. The van der Waals surface area contributed by atoms with Crippen molar-refractivity contribution in [1.29, 1.82) is 5.26 Å². The molecule has 0 N–H and O–H groups in total. The fraction of sp³-hybridized carbons (Fsp3) is 0.333. The van der Waals surface area contributed by atoms with Crippen LogP contribution in [0.4, 0.5) is 8.78 Å². The predicted molar refractivity (Wildman–Crippen MR) is 65.4 cm³/mol. The monoisotopic (exact) mass is 287 g/mol. The Balaban J connectivity index is 3.13. The van der Waals surface area contributed by atoms with E-state index < -0.39 is 12.6 Å². The fourth-order valence-corrected chi connectivity index (χ4v) is 1.80. The lowest BCUT2D eigenvalue weighted by molar-refractivity contribution is -0.142. The van der Waals surface area contributed by atoms with Crippen molar-refractivity contribution in [3.8, 4) is 11.8 Å². The van der Waals surface area contributed by atoms with Crippen LogP contribution in [-0.2, 0) is 16.0 Å². The second-order valence-electron chi connectivity index (χ2n) is 3.46. The van der Waals surface area contributed by atoms with Crippen LogP contribution in [0.15, 0.2) is 17.0 Å². The zero-order chi connectivity index (χ0) is 14.4. The van der Waals surface area contributed by atoms with Crippen LogP contribution in [0.25, 0.3) is 0 Å². The molecule has 0 fully saturated rings. The summed E-state index contributed by atoms with van der Waals surface area (Å²) in [6, 6.07) is 4.44. The van der Waals surface area contributed by atoms with Crippen LogP contribution in [0.3, 0.4) is 0 Å². The molecule has 1 rings (SSSR count). The molecule has 0 aliphatic heterocycles. The summed E-state index contributed by atoms with van der Waals surface area (Å²) in [4.78, 5) is 11.5. The van der Waals surface area contributed by atoms with Crippen molar-refractivity contribution in [1.82, 2.24) is 0 Å². The number of nitriles is 1. The lowest BCUT2D eigenvalue weighted by atomic mass is 10.1. The summed E-state index contributed by atoms with van der Waals surface area (Å²) in [6.45, 7) is -1.24. The number of rotatable bonds is 5. The molecule has 0 bridgehead atoms. The molecule has 0 saturated carbocycles. The molecule has 1 aromatic carbocycles. The molecule has 1 aromatic rings. The minimum absolute atomic E-state index is 0.0682. The Morgan fingerprint density at radius 1 is 1.53 bits per heavy atom. The molecule has 4 nitrogen and oxygen atoms in total. The topological polar surface area (TPSA) is 59.3 Å². The highest BCUT2D eigenvalue weighted by Crippen LogP contribution is 2.31. The number of carbonyl (C=O) groups is 1. The maximum Gasteiger partial charge on any atom is 0.387 e.